The number of rotatable bonds is 16. The summed E-state index contributed by atoms with van der Waals surface area (Å²) in [4.78, 5) is 11.2. The van der Waals surface area contributed by atoms with Crippen LogP contribution in [0.5, 0.6) is 23.0 Å². The van der Waals surface area contributed by atoms with E-state index in [4.69, 9.17) is 44.8 Å². The maximum Gasteiger partial charge on any atom is 0.231 e. The van der Waals surface area contributed by atoms with E-state index in [1.807, 2.05) is 12.1 Å². The predicted molar refractivity (Wildman–Crippen MR) is 161 cm³/mol. The van der Waals surface area contributed by atoms with Crippen molar-refractivity contribution in [3.63, 3.8) is 0 Å². The van der Waals surface area contributed by atoms with Gasteiger partial charge in [-0.25, -0.2) is 9.97 Å². The predicted octanol–water partition coefficient (Wildman–Crippen LogP) is 4.52. The van der Waals surface area contributed by atoms with Crippen LogP contribution in [-0.2, 0) is 14.2 Å². The Balaban J connectivity index is 1.51. The van der Waals surface area contributed by atoms with E-state index in [2.05, 4.69) is 32.0 Å². The molecule has 1 aliphatic heterocycles. The van der Waals surface area contributed by atoms with E-state index in [-0.39, 0.29) is 6.79 Å². The number of anilines is 2. The first-order valence-electron chi connectivity index (χ1n) is 13.6. The van der Waals surface area contributed by atoms with Crippen molar-refractivity contribution in [1.82, 2.24) is 14.9 Å². The number of nitrogens with zero attached hydrogens (tertiary/aromatic N) is 3. The van der Waals surface area contributed by atoms with E-state index in [9.17, 15) is 0 Å². The maximum absolute atomic E-state index is 6.69. The number of fused-ring (bicyclic) bond motifs is 2. The monoisotopic (exact) mass is 600 g/mol. The molecule has 0 saturated heterocycles. The standard InChI is InChI=1S/C30H37ClN4O7/c1-36-12-6-5-8-21-16-23(31)27(29-28(21)41-20-42-29)34-30-22-17-25(39-4)26(18-24(22)32-19-33-30)40-13-7-9-35(10-14-37-2)11-15-38-3/h16-19H,6-7,9-15,20H2,1-4H3,(H,32,33,34). The summed E-state index contributed by atoms with van der Waals surface area (Å²) in [6.45, 7) is 4.97. The molecule has 3 aromatic rings. The van der Waals surface area contributed by atoms with Crippen LogP contribution in [0.25, 0.3) is 10.9 Å². The molecule has 2 heterocycles. The van der Waals surface area contributed by atoms with Crippen LogP contribution in [0.15, 0.2) is 24.5 Å². The summed E-state index contributed by atoms with van der Waals surface area (Å²) >= 11 is 6.69. The Bertz CT molecular complexity index is 1390. The molecule has 226 valence electrons. The lowest BCUT2D eigenvalue weighted by molar-refractivity contribution is 0.110. The molecule has 0 radical (unpaired) electrons. The van der Waals surface area contributed by atoms with Gasteiger partial charge >= 0.3 is 0 Å². The van der Waals surface area contributed by atoms with Gasteiger partial charge in [0.15, 0.2) is 23.0 Å². The fourth-order valence-corrected chi connectivity index (χ4v) is 4.60. The zero-order valence-electron chi connectivity index (χ0n) is 24.5. The topological polar surface area (TPSA) is 106 Å². The van der Waals surface area contributed by atoms with Crippen molar-refractivity contribution in [2.45, 2.75) is 12.8 Å². The van der Waals surface area contributed by atoms with Crippen LogP contribution in [0.4, 0.5) is 11.5 Å². The highest BCUT2D eigenvalue weighted by Gasteiger charge is 2.25. The summed E-state index contributed by atoms with van der Waals surface area (Å²) in [5.41, 5.74) is 1.85. The van der Waals surface area contributed by atoms with Crippen LogP contribution in [0, 0.1) is 11.8 Å². The smallest absolute Gasteiger partial charge is 0.231 e. The summed E-state index contributed by atoms with van der Waals surface area (Å²) in [6, 6.07) is 5.44. The molecule has 0 amide bonds. The molecular formula is C30H37ClN4O7. The lowest BCUT2D eigenvalue weighted by Gasteiger charge is -2.21. The van der Waals surface area contributed by atoms with E-state index in [1.54, 1.807) is 34.5 Å². The van der Waals surface area contributed by atoms with E-state index in [0.717, 1.165) is 31.4 Å². The Morgan fingerprint density at radius 1 is 0.905 bits per heavy atom. The largest absolute Gasteiger partial charge is 0.493 e. The molecule has 0 aliphatic carbocycles. The minimum Gasteiger partial charge on any atom is -0.493 e. The molecule has 1 N–H and O–H groups in total. The molecule has 42 heavy (non-hydrogen) atoms. The van der Waals surface area contributed by atoms with Crippen molar-refractivity contribution in [2.24, 2.45) is 0 Å². The number of ether oxygens (including phenoxy) is 7. The van der Waals surface area contributed by atoms with Gasteiger partial charge in [0.25, 0.3) is 0 Å². The second-order valence-electron chi connectivity index (χ2n) is 9.29. The van der Waals surface area contributed by atoms with Crippen LogP contribution in [0.2, 0.25) is 5.02 Å². The van der Waals surface area contributed by atoms with Gasteiger partial charge in [0, 0.05) is 58.8 Å². The average Bonchev–Trinajstić information content (AvgIpc) is 3.50. The third-order valence-corrected chi connectivity index (χ3v) is 6.81. The zero-order valence-corrected chi connectivity index (χ0v) is 25.2. The number of benzene rings is 2. The number of hydrogen-bond donors (Lipinski definition) is 1. The van der Waals surface area contributed by atoms with Crippen molar-refractivity contribution in [3.05, 3.63) is 35.1 Å². The highest BCUT2D eigenvalue weighted by Crippen LogP contribution is 2.47. The van der Waals surface area contributed by atoms with Crippen molar-refractivity contribution < 1.29 is 33.2 Å². The van der Waals surface area contributed by atoms with Crippen molar-refractivity contribution in [2.75, 3.05) is 86.6 Å². The Morgan fingerprint density at radius 3 is 2.40 bits per heavy atom. The SMILES string of the molecule is COCCC#Cc1cc(Cl)c(Nc2ncnc3cc(OCCCN(CCOC)CCOC)c(OC)cc23)c2c1OCO2. The van der Waals surface area contributed by atoms with E-state index in [0.29, 0.717) is 83.5 Å². The summed E-state index contributed by atoms with van der Waals surface area (Å²) in [6.07, 6.45) is 2.89. The van der Waals surface area contributed by atoms with Gasteiger partial charge in [-0.2, -0.15) is 0 Å². The first-order chi connectivity index (χ1) is 20.6. The van der Waals surface area contributed by atoms with Gasteiger partial charge in [0.1, 0.15) is 17.8 Å². The molecule has 0 unspecified atom stereocenters. The van der Waals surface area contributed by atoms with Crippen LogP contribution in [0.3, 0.4) is 0 Å². The first kappa shape index (κ1) is 31.4. The van der Waals surface area contributed by atoms with Crippen LogP contribution in [0.1, 0.15) is 18.4 Å². The number of nitrogens with one attached hydrogen (secondary N) is 1. The summed E-state index contributed by atoms with van der Waals surface area (Å²) in [7, 11) is 6.65. The van der Waals surface area contributed by atoms with Gasteiger partial charge in [-0.1, -0.05) is 23.4 Å². The van der Waals surface area contributed by atoms with Crippen molar-refractivity contribution >= 4 is 34.0 Å². The number of aromatic nitrogens is 2. The van der Waals surface area contributed by atoms with E-state index >= 15 is 0 Å². The molecular weight excluding hydrogens is 564 g/mol. The minimum absolute atomic E-state index is 0.0622. The summed E-state index contributed by atoms with van der Waals surface area (Å²) < 4.78 is 38.8. The molecule has 12 heteroatoms. The second-order valence-corrected chi connectivity index (χ2v) is 9.69. The van der Waals surface area contributed by atoms with Crippen LogP contribution in [-0.4, -0.2) is 96.2 Å². The number of hydrogen-bond acceptors (Lipinski definition) is 11. The Hall–Kier alpha value is -3.53. The molecule has 1 aromatic heterocycles. The first-order valence-corrected chi connectivity index (χ1v) is 14.0. The van der Waals surface area contributed by atoms with E-state index < -0.39 is 0 Å². The Kier molecular flexibility index (Phi) is 12.1. The van der Waals surface area contributed by atoms with Crippen molar-refractivity contribution in [1.29, 1.82) is 0 Å². The molecule has 0 saturated carbocycles. The lowest BCUT2D eigenvalue weighted by atomic mass is 10.1. The van der Waals surface area contributed by atoms with Gasteiger partial charge in [0.2, 0.25) is 6.79 Å². The number of methoxy groups -OCH3 is 4. The number of halogens is 1. The Labute approximate surface area is 251 Å². The third-order valence-electron chi connectivity index (χ3n) is 6.51. The molecule has 4 rings (SSSR count). The van der Waals surface area contributed by atoms with Crippen LogP contribution < -0.4 is 24.3 Å². The fourth-order valence-electron chi connectivity index (χ4n) is 4.36. The molecule has 0 bridgehead atoms. The highest BCUT2D eigenvalue weighted by molar-refractivity contribution is 6.34. The summed E-state index contributed by atoms with van der Waals surface area (Å²) in [5.74, 6) is 8.84. The fraction of sp³-hybridized carbons (Fsp3) is 0.467. The highest BCUT2D eigenvalue weighted by atomic mass is 35.5. The average molecular weight is 601 g/mol. The zero-order chi connectivity index (χ0) is 29.7. The van der Waals surface area contributed by atoms with Crippen LogP contribution >= 0.6 is 11.6 Å². The normalized spacial score (nSPS) is 12.0. The van der Waals surface area contributed by atoms with Gasteiger partial charge < -0.3 is 38.5 Å². The van der Waals surface area contributed by atoms with Gasteiger partial charge in [-0.15, -0.1) is 0 Å². The molecule has 0 fully saturated rings. The van der Waals surface area contributed by atoms with Crippen molar-refractivity contribution in [3.8, 4) is 34.8 Å². The minimum atomic E-state index is 0.0622. The van der Waals surface area contributed by atoms with E-state index in [1.165, 1.54) is 6.33 Å². The Morgan fingerprint density at radius 2 is 1.67 bits per heavy atom. The second kappa shape index (κ2) is 16.2. The van der Waals surface area contributed by atoms with Gasteiger partial charge in [-0.05, 0) is 18.6 Å². The molecule has 2 aromatic carbocycles. The molecule has 0 spiro atoms. The lowest BCUT2D eigenvalue weighted by Crippen LogP contribution is -2.32. The molecule has 11 nitrogen and oxygen atoms in total. The molecule has 0 atom stereocenters. The quantitative estimate of drug-likeness (QED) is 0.185. The maximum atomic E-state index is 6.69. The summed E-state index contributed by atoms with van der Waals surface area (Å²) in [5, 5.41) is 4.45. The van der Waals surface area contributed by atoms with Gasteiger partial charge in [-0.3, -0.25) is 4.90 Å². The van der Waals surface area contributed by atoms with Gasteiger partial charge in [0.05, 0.1) is 49.6 Å². The third kappa shape index (κ3) is 8.06. The molecule has 1 aliphatic rings.